The lowest BCUT2D eigenvalue weighted by molar-refractivity contribution is 0.112. The summed E-state index contributed by atoms with van der Waals surface area (Å²) in [5, 5.41) is 0. The molecule has 0 unspecified atom stereocenters. The van der Waals surface area contributed by atoms with Crippen LogP contribution in [0.15, 0.2) is 28.7 Å². The summed E-state index contributed by atoms with van der Waals surface area (Å²) in [5.74, 6) is 0. The Morgan fingerprint density at radius 2 is 1.90 bits per heavy atom. The van der Waals surface area contributed by atoms with Gasteiger partial charge in [0.05, 0.1) is 0 Å². The van der Waals surface area contributed by atoms with Crippen molar-refractivity contribution in [3.8, 4) is 0 Å². The molecule has 3 heteroatoms. The zero-order valence-electron chi connectivity index (χ0n) is 5.08. The molecule has 54 valence electrons. The molecule has 0 aromatic heterocycles. The van der Waals surface area contributed by atoms with Gasteiger partial charge in [-0.25, -0.2) is 0 Å². The first-order valence-electron chi connectivity index (χ1n) is 2.54. The highest BCUT2D eigenvalue weighted by atomic mass is 79.9. The summed E-state index contributed by atoms with van der Waals surface area (Å²) in [7, 11) is 0. The summed E-state index contributed by atoms with van der Waals surface area (Å²) in [4.78, 5) is 10.2. The van der Waals surface area contributed by atoms with Crippen LogP contribution in [0.2, 0.25) is 0 Å². The Kier molecular flexibility index (Phi) is 4.32. The van der Waals surface area contributed by atoms with Crippen LogP contribution in [0, 0.1) is 0 Å². The van der Waals surface area contributed by atoms with Crippen molar-refractivity contribution in [1.29, 1.82) is 0 Å². The number of carbonyl (C=O) groups excluding carboxylic acids is 1. The lowest BCUT2D eigenvalue weighted by Crippen LogP contribution is -1.78. The molecular weight excluding hydrogens is 215 g/mol. The quantitative estimate of drug-likeness (QED) is 0.667. The molecule has 1 nitrogen and oxygen atoms in total. The second-order valence-corrected chi connectivity index (χ2v) is 2.49. The molecule has 0 saturated carbocycles. The van der Waals surface area contributed by atoms with Gasteiger partial charge in [-0.15, -0.1) is 12.4 Å². The molecule has 0 saturated heterocycles. The monoisotopic (exact) mass is 220 g/mol. The minimum absolute atomic E-state index is 0. The molecule has 0 amide bonds. The third-order valence-electron chi connectivity index (χ3n) is 1.03. The number of halogens is 2. The van der Waals surface area contributed by atoms with Crippen molar-refractivity contribution in [2.24, 2.45) is 0 Å². The molecule has 1 aromatic rings. The fourth-order valence-electron chi connectivity index (χ4n) is 0.571. The first-order valence-corrected chi connectivity index (χ1v) is 3.33. The van der Waals surface area contributed by atoms with Gasteiger partial charge in [0, 0.05) is 10.0 Å². The maximum atomic E-state index is 10.2. The van der Waals surface area contributed by atoms with Crippen LogP contribution in [0.1, 0.15) is 10.4 Å². The van der Waals surface area contributed by atoms with Crippen molar-refractivity contribution in [3.63, 3.8) is 0 Å². The number of hydrogen-bond acceptors (Lipinski definition) is 1. The summed E-state index contributed by atoms with van der Waals surface area (Å²) >= 11 is 3.23. The molecule has 0 heterocycles. The van der Waals surface area contributed by atoms with Crippen molar-refractivity contribution in [3.05, 3.63) is 34.3 Å². The van der Waals surface area contributed by atoms with Gasteiger partial charge in [-0.1, -0.05) is 34.1 Å². The Morgan fingerprint density at radius 1 is 1.30 bits per heavy atom. The van der Waals surface area contributed by atoms with Crippen molar-refractivity contribution >= 4 is 34.6 Å². The first-order chi connectivity index (χ1) is 4.34. The maximum absolute atomic E-state index is 10.2. The molecule has 0 aliphatic carbocycles. The Balaban J connectivity index is 0.000000810. The van der Waals surface area contributed by atoms with Crippen LogP contribution >= 0.6 is 28.3 Å². The van der Waals surface area contributed by atoms with E-state index in [-0.39, 0.29) is 12.4 Å². The van der Waals surface area contributed by atoms with Gasteiger partial charge in [0.2, 0.25) is 0 Å². The van der Waals surface area contributed by atoms with E-state index in [0.29, 0.717) is 5.56 Å². The molecule has 0 fully saturated rings. The van der Waals surface area contributed by atoms with E-state index in [1.807, 2.05) is 18.2 Å². The Labute approximate surface area is 74.0 Å². The van der Waals surface area contributed by atoms with Gasteiger partial charge < -0.3 is 0 Å². The molecule has 0 aliphatic heterocycles. The van der Waals surface area contributed by atoms with Gasteiger partial charge in [0.1, 0.15) is 0 Å². The number of rotatable bonds is 1. The number of benzene rings is 1. The van der Waals surface area contributed by atoms with E-state index in [9.17, 15) is 4.79 Å². The van der Waals surface area contributed by atoms with Gasteiger partial charge in [-0.3, -0.25) is 4.79 Å². The van der Waals surface area contributed by atoms with E-state index >= 15 is 0 Å². The molecule has 1 aromatic carbocycles. The topological polar surface area (TPSA) is 17.1 Å². The molecule has 10 heavy (non-hydrogen) atoms. The summed E-state index contributed by atoms with van der Waals surface area (Å²) < 4.78 is 0.847. The predicted octanol–water partition coefficient (Wildman–Crippen LogP) is 2.68. The van der Waals surface area contributed by atoms with E-state index in [2.05, 4.69) is 15.9 Å². The van der Waals surface area contributed by atoms with Crippen molar-refractivity contribution < 1.29 is 4.79 Å². The van der Waals surface area contributed by atoms with E-state index in [1.165, 1.54) is 0 Å². The van der Waals surface area contributed by atoms with Crippen LogP contribution in [0.25, 0.3) is 0 Å². The van der Waals surface area contributed by atoms with Gasteiger partial charge in [0.25, 0.3) is 0 Å². The summed E-state index contributed by atoms with van der Waals surface area (Å²) in [6.07, 6.45) is 0.823. The molecule has 0 N–H and O–H groups in total. The van der Waals surface area contributed by atoms with Gasteiger partial charge in [-0.05, 0) is 6.07 Å². The van der Waals surface area contributed by atoms with Crippen LogP contribution in [0.3, 0.4) is 0 Å². The summed E-state index contributed by atoms with van der Waals surface area (Å²) in [6.45, 7) is 0. The largest absolute Gasteiger partial charge is 0.298 e. The maximum Gasteiger partial charge on any atom is 0.151 e. The van der Waals surface area contributed by atoms with Crippen molar-refractivity contribution in [1.82, 2.24) is 0 Å². The fraction of sp³-hybridized carbons (Fsp3) is 0. The third-order valence-corrected chi connectivity index (χ3v) is 1.75. The zero-order valence-corrected chi connectivity index (χ0v) is 7.48. The molecule has 0 atom stereocenters. The van der Waals surface area contributed by atoms with E-state index in [1.54, 1.807) is 6.07 Å². The molecular formula is C7H6BrClO. The lowest BCUT2D eigenvalue weighted by Gasteiger charge is -1.90. The number of hydrogen-bond donors (Lipinski definition) is 0. The van der Waals surface area contributed by atoms with Crippen molar-refractivity contribution in [2.45, 2.75) is 0 Å². The molecule has 0 bridgehead atoms. The normalized spacial score (nSPS) is 8.10. The molecule has 0 radical (unpaired) electrons. The highest BCUT2D eigenvalue weighted by Crippen LogP contribution is 2.12. The SMILES string of the molecule is Cl.O=Cc1ccccc1Br. The number of carbonyl (C=O) groups is 1. The molecule has 1 rings (SSSR count). The highest BCUT2D eigenvalue weighted by molar-refractivity contribution is 9.10. The van der Waals surface area contributed by atoms with Gasteiger partial charge >= 0.3 is 0 Å². The van der Waals surface area contributed by atoms with Crippen molar-refractivity contribution in [2.75, 3.05) is 0 Å². The summed E-state index contributed by atoms with van der Waals surface area (Å²) in [5.41, 5.74) is 0.692. The average Bonchev–Trinajstić information content (AvgIpc) is 1.89. The van der Waals surface area contributed by atoms with Crippen LogP contribution in [0.5, 0.6) is 0 Å². The van der Waals surface area contributed by atoms with Gasteiger partial charge in [-0.2, -0.15) is 0 Å². The Hall–Kier alpha value is -0.340. The van der Waals surface area contributed by atoms with E-state index in [0.717, 1.165) is 10.8 Å². The fourth-order valence-corrected chi connectivity index (χ4v) is 0.949. The molecule has 0 spiro atoms. The Morgan fingerprint density at radius 3 is 2.30 bits per heavy atom. The number of aldehydes is 1. The molecule has 0 aliphatic rings. The second kappa shape index (κ2) is 4.47. The van der Waals surface area contributed by atoms with Crippen LogP contribution in [0.4, 0.5) is 0 Å². The van der Waals surface area contributed by atoms with Crippen LogP contribution in [-0.2, 0) is 0 Å². The minimum Gasteiger partial charge on any atom is -0.298 e. The lowest BCUT2D eigenvalue weighted by atomic mass is 10.2. The summed E-state index contributed by atoms with van der Waals surface area (Å²) in [6, 6.07) is 7.30. The first kappa shape index (κ1) is 9.66. The standard InChI is InChI=1S/C7H5BrO.ClH/c8-7-4-2-1-3-6(7)5-9;/h1-5H;1H. The van der Waals surface area contributed by atoms with Crippen LogP contribution in [-0.4, -0.2) is 6.29 Å². The predicted molar refractivity (Wildman–Crippen MR) is 46.8 cm³/mol. The van der Waals surface area contributed by atoms with Gasteiger partial charge in [0.15, 0.2) is 6.29 Å². The smallest absolute Gasteiger partial charge is 0.151 e. The van der Waals surface area contributed by atoms with E-state index in [4.69, 9.17) is 0 Å². The van der Waals surface area contributed by atoms with Crippen LogP contribution < -0.4 is 0 Å². The highest BCUT2D eigenvalue weighted by Gasteiger charge is 1.92. The van der Waals surface area contributed by atoms with E-state index < -0.39 is 0 Å². The Bertz CT molecular complexity index is 225. The average molecular weight is 221 g/mol. The zero-order chi connectivity index (χ0) is 6.69. The third kappa shape index (κ3) is 2.12. The second-order valence-electron chi connectivity index (χ2n) is 1.64. The minimum atomic E-state index is 0.